The molecule has 0 aliphatic heterocycles. The number of carbonyl (C=O) groups is 1. The van der Waals surface area contributed by atoms with Crippen molar-refractivity contribution in [2.75, 3.05) is 19.8 Å². The van der Waals surface area contributed by atoms with E-state index >= 15 is 0 Å². The van der Waals surface area contributed by atoms with Crippen LogP contribution in [0.15, 0.2) is 42.5 Å². The number of aliphatic hydroxyl groups is 1. The average molecular weight is 459 g/mol. The number of nitriles is 1. The predicted octanol–water partition coefficient (Wildman–Crippen LogP) is 4.52. The number of hydrogen-bond acceptors (Lipinski definition) is 6. The molecule has 0 aliphatic rings. The number of hydrogen-bond donors (Lipinski definition) is 2. The molecule has 2 rings (SSSR count). The Morgan fingerprint density at radius 2 is 2.03 bits per heavy atom. The quantitative estimate of drug-likeness (QED) is 0.454. The molecule has 0 saturated carbocycles. The van der Waals surface area contributed by atoms with Gasteiger partial charge < -0.3 is 19.9 Å². The van der Waals surface area contributed by atoms with Gasteiger partial charge >= 0.3 is 5.97 Å². The summed E-state index contributed by atoms with van der Waals surface area (Å²) in [7, 11) is 0. The van der Waals surface area contributed by atoms with E-state index in [1.165, 1.54) is 0 Å². The van der Waals surface area contributed by atoms with Crippen molar-refractivity contribution in [2.24, 2.45) is 0 Å². The van der Waals surface area contributed by atoms with Gasteiger partial charge in [-0.15, -0.1) is 0 Å². The lowest BCUT2D eigenvalue weighted by molar-refractivity contribution is 0.0526. The van der Waals surface area contributed by atoms with Crippen molar-refractivity contribution in [3.63, 3.8) is 0 Å². The van der Waals surface area contributed by atoms with Crippen molar-refractivity contribution in [1.29, 1.82) is 5.26 Å². The Balaban J connectivity index is 1.77. The fourth-order valence-electron chi connectivity index (χ4n) is 3.26. The van der Waals surface area contributed by atoms with Crippen molar-refractivity contribution in [3.8, 4) is 11.8 Å². The summed E-state index contributed by atoms with van der Waals surface area (Å²) in [5.74, 6) is 0.0653. The lowest BCUT2D eigenvalue weighted by Crippen LogP contribution is -2.44. The van der Waals surface area contributed by atoms with Crippen LogP contribution in [-0.2, 0) is 11.2 Å². The number of benzene rings is 2. The number of aryl methyl sites for hydroxylation is 1. The Labute approximate surface area is 195 Å². The van der Waals surface area contributed by atoms with Gasteiger partial charge in [0.15, 0.2) is 0 Å². The first-order valence-corrected chi connectivity index (χ1v) is 11.1. The molecule has 7 heteroatoms. The van der Waals surface area contributed by atoms with Gasteiger partial charge in [0.25, 0.3) is 0 Å². The van der Waals surface area contributed by atoms with Crippen LogP contribution in [0.1, 0.15) is 55.1 Å². The molecule has 2 aromatic carbocycles. The van der Waals surface area contributed by atoms with Gasteiger partial charge in [-0.2, -0.15) is 5.26 Å². The molecule has 0 amide bonds. The van der Waals surface area contributed by atoms with E-state index in [0.717, 1.165) is 24.8 Å². The van der Waals surface area contributed by atoms with Gasteiger partial charge in [-0.1, -0.05) is 29.8 Å². The summed E-state index contributed by atoms with van der Waals surface area (Å²) in [5, 5.41) is 23.2. The minimum absolute atomic E-state index is 0.0543. The highest BCUT2D eigenvalue weighted by Gasteiger charge is 2.19. The maximum Gasteiger partial charge on any atom is 0.338 e. The van der Waals surface area contributed by atoms with Gasteiger partial charge in [-0.05, 0) is 69.9 Å². The van der Waals surface area contributed by atoms with Gasteiger partial charge in [-0.25, -0.2) is 4.79 Å². The third kappa shape index (κ3) is 8.16. The molecule has 2 N–H and O–H groups in total. The lowest BCUT2D eigenvalue weighted by Gasteiger charge is -2.28. The van der Waals surface area contributed by atoms with E-state index in [1.54, 1.807) is 31.2 Å². The second-order valence-corrected chi connectivity index (χ2v) is 8.64. The minimum atomic E-state index is -0.735. The molecule has 0 radical (unpaired) electrons. The molecule has 0 bridgehead atoms. The molecule has 6 nitrogen and oxygen atoms in total. The van der Waals surface area contributed by atoms with Crippen LogP contribution >= 0.6 is 11.6 Å². The van der Waals surface area contributed by atoms with Crippen LogP contribution in [0.5, 0.6) is 5.75 Å². The molecule has 0 fully saturated rings. The van der Waals surface area contributed by atoms with Crippen LogP contribution in [-0.4, -0.2) is 42.5 Å². The number of rotatable bonds is 12. The van der Waals surface area contributed by atoms with E-state index in [1.807, 2.05) is 24.3 Å². The number of nitrogens with one attached hydrogen (secondary N) is 1. The Morgan fingerprint density at radius 3 is 2.75 bits per heavy atom. The van der Waals surface area contributed by atoms with Crippen molar-refractivity contribution in [2.45, 2.75) is 51.7 Å². The van der Waals surface area contributed by atoms with Crippen LogP contribution in [0.3, 0.4) is 0 Å². The molecule has 1 unspecified atom stereocenters. The third-order valence-corrected chi connectivity index (χ3v) is 5.35. The number of halogens is 1. The van der Waals surface area contributed by atoms with Crippen LogP contribution in [0.2, 0.25) is 5.02 Å². The normalized spacial score (nSPS) is 12.1. The fourth-order valence-corrected chi connectivity index (χ4v) is 3.47. The largest absolute Gasteiger partial charge is 0.489 e. The first-order valence-electron chi connectivity index (χ1n) is 10.8. The van der Waals surface area contributed by atoms with Crippen LogP contribution in [0.4, 0.5) is 0 Å². The molecule has 0 aromatic heterocycles. The highest BCUT2D eigenvalue weighted by Crippen LogP contribution is 2.25. The molecule has 0 spiro atoms. The maximum absolute atomic E-state index is 11.9. The summed E-state index contributed by atoms with van der Waals surface area (Å²) >= 11 is 6.00. The zero-order valence-electron chi connectivity index (χ0n) is 18.9. The van der Waals surface area contributed by atoms with Crippen LogP contribution in [0, 0.1) is 11.3 Å². The number of ether oxygens (including phenoxy) is 2. The van der Waals surface area contributed by atoms with Gasteiger partial charge in [0.1, 0.15) is 30.1 Å². The van der Waals surface area contributed by atoms with E-state index in [2.05, 4.69) is 19.2 Å². The van der Waals surface area contributed by atoms with E-state index in [9.17, 15) is 15.2 Å². The fraction of sp³-hybridized carbons (Fsp3) is 0.440. The minimum Gasteiger partial charge on any atom is -0.489 e. The standard InChI is InChI=1S/C25H31ClN2O4/c1-4-31-24(30)19-10-5-8-18(14-19)9-7-13-25(2,3)28-16-20(29)17-32-23-12-6-11-22(26)21(23)15-27/h5-6,8,10-12,14,20,28-29H,4,7,9,13,16-17H2,1-3H3. The zero-order chi connectivity index (χ0) is 23.6. The third-order valence-electron chi connectivity index (χ3n) is 5.04. The second kappa shape index (κ2) is 12.4. The molecular weight excluding hydrogens is 428 g/mol. The first kappa shape index (κ1) is 25.7. The Hall–Kier alpha value is -2.59. The zero-order valence-corrected chi connectivity index (χ0v) is 19.6. The highest BCUT2D eigenvalue weighted by atomic mass is 35.5. The average Bonchev–Trinajstić information content (AvgIpc) is 2.76. The lowest BCUT2D eigenvalue weighted by atomic mass is 9.95. The molecule has 0 saturated heterocycles. The first-order chi connectivity index (χ1) is 15.3. The number of carbonyl (C=O) groups excluding carboxylic acids is 1. The summed E-state index contributed by atoms with van der Waals surface area (Å²) in [6, 6.07) is 14.5. The van der Waals surface area contributed by atoms with Crippen molar-refractivity contribution in [3.05, 3.63) is 64.2 Å². The topological polar surface area (TPSA) is 91.6 Å². The summed E-state index contributed by atoms with van der Waals surface area (Å²) in [5.41, 5.74) is 1.74. The molecular formula is C25H31ClN2O4. The van der Waals surface area contributed by atoms with Crippen molar-refractivity contribution >= 4 is 17.6 Å². The summed E-state index contributed by atoms with van der Waals surface area (Å²) in [6.45, 7) is 6.73. The SMILES string of the molecule is CCOC(=O)c1cccc(CCCC(C)(C)NCC(O)COc2cccc(Cl)c2C#N)c1. The Bertz CT molecular complexity index is 940. The van der Waals surface area contributed by atoms with E-state index in [0.29, 0.717) is 29.5 Å². The highest BCUT2D eigenvalue weighted by molar-refractivity contribution is 6.31. The molecule has 2 aromatic rings. The van der Waals surface area contributed by atoms with Gasteiger partial charge in [-0.3, -0.25) is 0 Å². The molecule has 1 atom stereocenters. The monoisotopic (exact) mass is 458 g/mol. The van der Waals surface area contributed by atoms with Gasteiger partial charge in [0.2, 0.25) is 0 Å². The number of esters is 1. The predicted molar refractivity (Wildman–Crippen MR) is 125 cm³/mol. The Morgan fingerprint density at radius 1 is 1.28 bits per heavy atom. The Kier molecular flexibility index (Phi) is 9.98. The number of aliphatic hydroxyl groups excluding tert-OH is 1. The van der Waals surface area contributed by atoms with Gasteiger partial charge in [0.05, 0.1) is 17.2 Å². The number of β-amino-alcohol motifs (C(OH)–C–C–N with tert-alkyl or cyclic N) is 1. The second-order valence-electron chi connectivity index (χ2n) is 8.23. The smallest absolute Gasteiger partial charge is 0.338 e. The molecule has 32 heavy (non-hydrogen) atoms. The van der Waals surface area contributed by atoms with Crippen LogP contribution in [0.25, 0.3) is 0 Å². The summed E-state index contributed by atoms with van der Waals surface area (Å²) in [6.07, 6.45) is 1.92. The molecule has 0 aliphatic carbocycles. The summed E-state index contributed by atoms with van der Waals surface area (Å²) < 4.78 is 10.6. The van der Waals surface area contributed by atoms with Crippen molar-refractivity contribution < 1.29 is 19.4 Å². The van der Waals surface area contributed by atoms with E-state index in [4.69, 9.17) is 21.1 Å². The number of nitrogens with zero attached hydrogens (tertiary/aromatic N) is 1. The van der Waals surface area contributed by atoms with Gasteiger partial charge in [0, 0.05) is 12.1 Å². The van der Waals surface area contributed by atoms with E-state index in [-0.39, 0.29) is 23.7 Å². The van der Waals surface area contributed by atoms with Crippen LogP contribution < -0.4 is 10.1 Å². The maximum atomic E-state index is 11.9. The molecule has 172 valence electrons. The molecule has 0 heterocycles. The summed E-state index contributed by atoms with van der Waals surface area (Å²) in [4.78, 5) is 11.9. The van der Waals surface area contributed by atoms with E-state index < -0.39 is 6.10 Å². The van der Waals surface area contributed by atoms with Crippen molar-refractivity contribution in [1.82, 2.24) is 5.32 Å².